The van der Waals surface area contributed by atoms with Crippen molar-refractivity contribution in [2.75, 3.05) is 26.4 Å². The van der Waals surface area contributed by atoms with Crippen molar-refractivity contribution in [2.45, 2.75) is 37.6 Å². The highest BCUT2D eigenvalue weighted by Gasteiger charge is 2.43. The molecule has 1 aliphatic heterocycles. The number of aliphatic hydroxyl groups excluding tert-OH is 2. The van der Waals surface area contributed by atoms with E-state index in [4.69, 9.17) is 42.5 Å². The van der Waals surface area contributed by atoms with E-state index in [0.717, 1.165) is 12.8 Å². The van der Waals surface area contributed by atoms with Crippen molar-refractivity contribution in [2.24, 2.45) is 17.8 Å². The van der Waals surface area contributed by atoms with Crippen LogP contribution in [0.4, 0.5) is 0 Å². The molecule has 0 amide bonds. The zero-order valence-corrected chi connectivity index (χ0v) is 18.5. The fraction of sp³-hybridized carbons (Fsp3) is 0.591. The number of halogens is 2. The summed E-state index contributed by atoms with van der Waals surface area (Å²) >= 11 is 11.9. The number of carboxylic acid groups (broad SMARTS) is 1. The number of hydrogen-bond donors (Lipinski definition) is 3. The molecule has 1 aliphatic carbocycles. The van der Waals surface area contributed by atoms with E-state index in [9.17, 15) is 15.0 Å². The molecule has 3 rings (SSSR count). The van der Waals surface area contributed by atoms with Gasteiger partial charge in [0.1, 0.15) is 25.1 Å². The number of rotatable bonds is 9. The van der Waals surface area contributed by atoms with Crippen molar-refractivity contribution in [1.82, 2.24) is 0 Å². The van der Waals surface area contributed by atoms with Crippen molar-refractivity contribution < 1.29 is 34.3 Å². The highest BCUT2D eigenvalue weighted by molar-refractivity contribution is 6.34. The maximum Gasteiger partial charge on any atom is 0.329 e. The fourth-order valence-corrected chi connectivity index (χ4v) is 4.77. The molecule has 7 nitrogen and oxygen atoms in total. The van der Waals surface area contributed by atoms with Crippen molar-refractivity contribution in [3.8, 4) is 5.75 Å². The largest absolute Gasteiger partial charge is 0.490 e. The van der Waals surface area contributed by atoms with Crippen LogP contribution in [0.5, 0.6) is 5.75 Å². The molecule has 1 aromatic carbocycles. The van der Waals surface area contributed by atoms with Gasteiger partial charge in [-0.05, 0) is 37.0 Å². The van der Waals surface area contributed by atoms with Gasteiger partial charge in [0.25, 0.3) is 0 Å². The van der Waals surface area contributed by atoms with Crippen LogP contribution in [-0.2, 0) is 14.3 Å². The van der Waals surface area contributed by atoms with Gasteiger partial charge in [-0.3, -0.25) is 0 Å². The maximum absolute atomic E-state index is 10.6. The lowest BCUT2D eigenvalue weighted by Gasteiger charge is -2.21. The van der Waals surface area contributed by atoms with Crippen molar-refractivity contribution in [1.29, 1.82) is 0 Å². The van der Waals surface area contributed by atoms with Crippen LogP contribution in [0.1, 0.15) is 19.3 Å². The van der Waals surface area contributed by atoms with Crippen LogP contribution in [0.15, 0.2) is 30.4 Å². The summed E-state index contributed by atoms with van der Waals surface area (Å²) in [5, 5.41) is 30.4. The van der Waals surface area contributed by atoms with E-state index in [1.165, 1.54) is 0 Å². The quantitative estimate of drug-likeness (QED) is 0.471. The van der Waals surface area contributed by atoms with Gasteiger partial charge in [0.2, 0.25) is 0 Å². The number of aliphatic carboxylic acids is 1. The zero-order chi connectivity index (χ0) is 22.4. The molecule has 31 heavy (non-hydrogen) atoms. The molecule has 0 bridgehead atoms. The molecular weight excluding hydrogens is 447 g/mol. The second-order valence-electron chi connectivity index (χ2n) is 8.14. The van der Waals surface area contributed by atoms with E-state index in [2.05, 4.69) is 0 Å². The standard InChI is InChI=1S/C22H28Cl2O7/c23-14-5-15(24)7-17(6-14)30-11-16(25)2-4-18-19-3-1-13(9-29-12-22(27)28)10-31-21(19)8-20(18)26/h2,4-7,13,16,18-21,25-26H,1,3,8-12H2,(H,27,28)/t13-,16-,18-,19-,20-,21+/m1/s1. The van der Waals surface area contributed by atoms with Gasteiger partial charge in [-0.2, -0.15) is 0 Å². The van der Waals surface area contributed by atoms with Gasteiger partial charge in [0, 0.05) is 28.3 Å². The second-order valence-corrected chi connectivity index (χ2v) is 9.01. The number of ether oxygens (including phenoxy) is 3. The lowest BCUT2D eigenvalue weighted by atomic mass is 9.87. The minimum atomic E-state index is -0.985. The minimum Gasteiger partial charge on any atom is -0.490 e. The van der Waals surface area contributed by atoms with E-state index >= 15 is 0 Å². The van der Waals surface area contributed by atoms with Gasteiger partial charge >= 0.3 is 5.97 Å². The van der Waals surface area contributed by atoms with E-state index in [1.54, 1.807) is 24.3 Å². The lowest BCUT2D eigenvalue weighted by Crippen LogP contribution is -2.22. The summed E-state index contributed by atoms with van der Waals surface area (Å²) in [7, 11) is 0. The summed E-state index contributed by atoms with van der Waals surface area (Å²) < 4.78 is 16.8. The number of fused-ring (bicyclic) bond motifs is 1. The summed E-state index contributed by atoms with van der Waals surface area (Å²) in [6.45, 7) is 0.555. The van der Waals surface area contributed by atoms with Crippen molar-refractivity contribution in [3.63, 3.8) is 0 Å². The van der Waals surface area contributed by atoms with E-state index in [0.29, 0.717) is 35.4 Å². The van der Waals surface area contributed by atoms with Crippen LogP contribution < -0.4 is 4.74 Å². The van der Waals surface area contributed by atoms with Crippen molar-refractivity contribution >= 4 is 29.2 Å². The molecule has 0 aromatic heterocycles. The van der Waals surface area contributed by atoms with Crippen LogP contribution in [0, 0.1) is 17.8 Å². The van der Waals surface area contributed by atoms with Crippen LogP contribution >= 0.6 is 23.2 Å². The first-order valence-corrected chi connectivity index (χ1v) is 11.1. The third-order valence-electron chi connectivity index (χ3n) is 5.74. The molecule has 0 unspecified atom stereocenters. The number of carbonyl (C=O) groups is 1. The monoisotopic (exact) mass is 474 g/mol. The van der Waals surface area contributed by atoms with Crippen LogP contribution in [-0.4, -0.2) is 66.0 Å². The topological polar surface area (TPSA) is 105 Å². The zero-order valence-electron chi connectivity index (χ0n) is 17.0. The smallest absolute Gasteiger partial charge is 0.329 e. The highest BCUT2D eigenvalue weighted by Crippen LogP contribution is 2.41. The first-order valence-electron chi connectivity index (χ1n) is 10.4. The summed E-state index contributed by atoms with van der Waals surface area (Å²) in [5.74, 6) is -0.371. The SMILES string of the molecule is O=C(O)COC[C@H]1CC[C@@H]2[C@@H](C=C[C@@H](O)COc3cc(Cl)cc(Cl)c3)[C@H](O)C[C@@H]2OC1. The molecule has 3 N–H and O–H groups in total. The van der Waals surface area contributed by atoms with Crippen LogP contribution in [0.2, 0.25) is 10.0 Å². The lowest BCUT2D eigenvalue weighted by molar-refractivity contribution is -0.143. The highest BCUT2D eigenvalue weighted by atomic mass is 35.5. The Hall–Kier alpha value is -1.35. The summed E-state index contributed by atoms with van der Waals surface area (Å²) in [5.41, 5.74) is 0. The molecule has 1 heterocycles. The number of carboxylic acids is 1. The molecule has 1 saturated heterocycles. The van der Waals surface area contributed by atoms with Crippen LogP contribution in [0.3, 0.4) is 0 Å². The molecule has 2 aliphatic rings. The fourth-order valence-electron chi connectivity index (χ4n) is 4.27. The van der Waals surface area contributed by atoms with Gasteiger partial charge < -0.3 is 29.5 Å². The first-order chi connectivity index (χ1) is 14.8. The molecule has 0 spiro atoms. The maximum atomic E-state index is 10.6. The molecule has 172 valence electrons. The Morgan fingerprint density at radius 3 is 2.71 bits per heavy atom. The number of aliphatic hydroxyl groups is 2. The third kappa shape index (κ3) is 7.34. The Labute approximate surface area is 191 Å². The minimum absolute atomic E-state index is 0.0313. The molecule has 0 radical (unpaired) electrons. The summed E-state index contributed by atoms with van der Waals surface area (Å²) in [4.78, 5) is 10.6. The van der Waals surface area contributed by atoms with Gasteiger partial charge in [0.15, 0.2) is 0 Å². The summed E-state index contributed by atoms with van der Waals surface area (Å²) in [6.07, 6.45) is 4.25. The third-order valence-corrected chi connectivity index (χ3v) is 6.17. The van der Waals surface area contributed by atoms with Crippen LogP contribution in [0.25, 0.3) is 0 Å². The van der Waals surface area contributed by atoms with E-state index in [-0.39, 0.29) is 37.1 Å². The van der Waals surface area contributed by atoms with Gasteiger partial charge in [-0.25, -0.2) is 4.79 Å². The normalized spacial score (nSPS) is 29.5. The van der Waals surface area contributed by atoms with Gasteiger partial charge in [0.05, 0.1) is 25.4 Å². The molecule has 6 atom stereocenters. The predicted molar refractivity (Wildman–Crippen MR) is 116 cm³/mol. The molecule has 2 fully saturated rings. The summed E-state index contributed by atoms with van der Waals surface area (Å²) in [6, 6.07) is 4.84. The van der Waals surface area contributed by atoms with Gasteiger partial charge in [-0.1, -0.05) is 35.4 Å². The molecular formula is C22H28Cl2O7. The Kier molecular flexibility index (Phi) is 9.01. The second kappa shape index (κ2) is 11.5. The molecule has 1 aromatic rings. The Morgan fingerprint density at radius 2 is 2.00 bits per heavy atom. The molecule has 1 saturated carbocycles. The Morgan fingerprint density at radius 1 is 1.26 bits per heavy atom. The van der Waals surface area contributed by atoms with Crippen molar-refractivity contribution in [3.05, 3.63) is 40.4 Å². The first kappa shape index (κ1) is 24.3. The van der Waals surface area contributed by atoms with Gasteiger partial charge in [-0.15, -0.1) is 0 Å². The molecule has 9 heteroatoms. The number of benzene rings is 1. The van der Waals surface area contributed by atoms with E-state index in [1.807, 2.05) is 6.08 Å². The average molecular weight is 475 g/mol. The van der Waals surface area contributed by atoms with E-state index < -0.39 is 18.2 Å². The average Bonchev–Trinajstić information content (AvgIpc) is 2.85. The number of hydrogen-bond acceptors (Lipinski definition) is 6. The Balaban J connectivity index is 1.50. The predicted octanol–water partition coefficient (Wildman–Crippen LogP) is 3.18. The Bertz CT molecular complexity index is 752.